The van der Waals surface area contributed by atoms with Gasteiger partial charge in [0, 0.05) is 12.2 Å². The molecule has 4 aromatic rings. The molecule has 0 saturated heterocycles. The first-order valence-corrected chi connectivity index (χ1v) is 15.4. The number of nitrogens with zero attached hydrogens (tertiary/aromatic N) is 1. The highest BCUT2D eigenvalue weighted by atomic mass is 32.2. The molecular weight excluding hydrogens is 566 g/mol. The number of nitrogens with one attached hydrogen (secondary N) is 2. The number of para-hydroxylation sites is 2. The van der Waals surface area contributed by atoms with Crippen molar-refractivity contribution in [1.82, 2.24) is 5.32 Å². The second kappa shape index (κ2) is 13.0. The van der Waals surface area contributed by atoms with Crippen LogP contribution in [0, 0.1) is 13.8 Å². The fourth-order valence-electron chi connectivity index (χ4n) is 4.88. The second-order valence-corrected chi connectivity index (χ2v) is 12.0. The van der Waals surface area contributed by atoms with Gasteiger partial charge < -0.3 is 19.7 Å². The molecule has 1 aliphatic rings. The van der Waals surface area contributed by atoms with Crippen LogP contribution in [-0.2, 0) is 26.0 Å². The number of amides is 2. The zero-order chi connectivity index (χ0) is 30.4. The Balaban J connectivity index is 1.20. The highest BCUT2D eigenvalue weighted by molar-refractivity contribution is 7.92. The van der Waals surface area contributed by atoms with Crippen molar-refractivity contribution in [3.05, 3.63) is 114 Å². The maximum absolute atomic E-state index is 13.3. The second-order valence-electron chi connectivity index (χ2n) is 10.3. The molecule has 0 fully saturated rings. The van der Waals surface area contributed by atoms with Gasteiger partial charge in [-0.1, -0.05) is 48.5 Å². The molecule has 5 rings (SSSR count). The summed E-state index contributed by atoms with van der Waals surface area (Å²) in [7, 11) is -3.81. The third-order valence-corrected chi connectivity index (χ3v) is 8.29. The number of hydrogen-bond acceptors (Lipinski definition) is 6. The Kier molecular flexibility index (Phi) is 8.96. The van der Waals surface area contributed by atoms with Crippen molar-refractivity contribution in [3.63, 3.8) is 0 Å². The van der Waals surface area contributed by atoms with E-state index in [0.717, 1.165) is 16.7 Å². The number of ether oxygens (including phenoxy) is 2. The molecular formula is C33H33N3O6S. The normalized spacial score (nSPS) is 14.3. The standard InChI is InChI=1S/C33H33N3O6S/c1-23-18-24(2)20-26(19-23)35-43(39,40)28-14-12-27(13-15-28)41-22-32(37)36-21-31(42-30-11-7-6-10-29(30)36)33(38)34-17-16-25-8-4-3-5-9-25/h3-15,18-20,31,35H,16-17,21-22H2,1-2H3,(H,34,38)/t31-/m1/s1. The van der Waals surface area contributed by atoms with E-state index >= 15 is 0 Å². The van der Waals surface area contributed by atoms with Crippen LogP contribution in [0.1, 0.15) is 16.7 Å². The lowest BCUT2D eigenvalue weighted by molar-refractivity contribution is -0.128. The first kappa shape index (κ1) is 29.7. The SMILES string of the molecule is Cc1cc(C)cc(NS(=O)(=O)c2ccc(OCC(=O)N3C[C@H](C(=O)NCCc4ccccc4)Oc4ccccc43)cc2)c1. The molecule has 0 aromatic heterocycles. The van der Waals surface area contributed by atoms with Gasteiger partial charge in [0.05, 0.1) is 17.1 Å². The van der Waals surface area contributed by atoms with E-state index in [9.17, 15) is 18.0 Å². The van der Waals surface area contributed by atoms with Crippen molar-refractivity contribution < 1.29 is 27.5 Å². The number of fused-ring (bicyclic) bond motifs is 1. The summed E-state index contributed by atoms with van der Waals surface area (Å²) >= 11 is 0. The predicted molar refractivity (Wildman–Crippen MR) is 165 cm³/mol. The summed E-state index contributed by atoms with van der Waals surface area (Å²) < 4.78 is 40.0. The number of aryl methyl sites for hydroxylation is 2. The lowest BCUT2D eigenvalue weighted by Crippen LogP contribution is -2.52. The number of carbonyl (C=O) groups is 2. The molecule has 43 heavy (non-hydrogen) atoms. The average molecular weight is 600 g/mol. The third-order valence-electron chi connectivity index (χ3n) is 6.89. The highest BCUT2D eigenvalue weighted by Gasteiger charge is 2.33. The quantitative estimate of drug-likeness (QED) is 0.275. The van der Waals surface area contributed by atoms with Gasteiger partial charge in [0.2, 0.25) is 0 Å². The van der Waals surface area contributed by atoms with Gasteiger partial charge in [-0.15, -0.1) is 0 Å². The van der Waals surface area contributed by atoms with Crippen LogP contribution in [0.4, 0.5) is 11.4 Å². The van der Waals surface area contributed by atoms with Gasteiger partial charge in [0.25, 0.3) is 21.8 Å². The molecule has 1 aliphatic heterocycles. The van der Waals surface area contributed by atoms with Crippen molar-refractivity contribution >= 4 is 33.2 Å². The lowest BCUT2D eigenvalue weighted by atomic mass is 10.1. The number of benzene rings is 4. The fraction of sp³-hybridized carbons (Fsp3) is 0.212. The smallest absolute Gasteiger partial charge is 0.265 e. The van der Waals surface area contributed by atoms with E-state index in [1.165, 1.54) is 29.2 Å². The molecule has 0 bridgehead atoms. The number of sulfonamides is 1. The maximum atomic E-state index is 13.3. The molecule has 10 heteroatoms. The maximum Gasteiger partial charge on any atom is 0.265 e. The fourth-order valence-corrected chi connectivity index (χ4v) is 5.92. The summed E-state index contributed by atoms with van der Waals surface area (Å²) in [5, 5.41) is 2.90. The lowest BCUT2D eigenvalue weighted by Gasteiger charge is -2.34. The minimum absolute atomic E-state index is 0.0255. The molecule has 0 spiro atoms. The van der Waals surface area contributed by atoms with Crippen LogP contribution in [0.5, 0.6) is 11.5 Å². The molecule has 9 nitrogen and oxygen atoms in total. The summed E-state index contributed by atoms with van der Waals surface area (Å²) in [5.74, 6) is 0.0769. The van der Waals surface area contributed by atoms with Gasteiger partial charge in [0.15, 0.2) is 12.7 Å². The van der Waals surface area contributed by atoms with Crippen LogP contribution in [0.15, 0.2) is 102 Å². The molecule has 1 heterocycles. The number of hydrogen-bond donors (Lipinski definition) is 2. The van der Waals surface area contributed by atoms with Gasteiger partial charge in [-0.3, -0.25) is 14.3 Å². The van der Waals surface area contributed by atoms with E-state index < -0.39 is 16.1 Å². The summed E-state index contributed by atoms with van der Waals surface area (Å²) in [6, 6.07) is 28.2. The van der Waals surface area contributed by atoms with Crippen molar-refractivity contribution in [1.29, 1.82) is 0 Å². The molecule has 0 saturated carbocycles. The monoisotopic (exact) mass is 599 g/mol. The average Bonchev–Trinajstić information content (AvgIpc) is 2.99. The molecule has 0 aliphatic carbocycles. The molecule has 1 atom stereocenters. The third kappa shape index (κ3) is 7.52. The minimum Gasteiger partial charge on any atom is -0.484 e. The van der Waals surface area contributed by atoms with Gasteiger partial charge >= 0.3 is 0 Å². The first-order chi connectivity index (χ1) is 20.7. The topological polar surface area (TPSA) is 114 Å². The van der Waals surface area contributed by atoms with Crippen molar-refractivity contribution in [2.75, 3.05) is 29.3 Å². The summed E-state index contributed by atoms with van der Waals surface area (Å²) in [6.07, 6.45) is -0.211. The van der Waals surface area contributed by atoms with Gasteiger partial charge in [-0.05, 0) is 85.5 Å². The van der Waals surface area contributed by atoms with E-state index in [-0.39, 0.29) is 29.9 Å². The Labute approximate surface area is 251 Å². The van der Waals surface area contributed by atoms with Crippen LogP contribution in [0.3, 0.4) is 0 Å². The van der Waals surface area contributed by atoms with E-state index in [2.05, 4.69) is 10.0 Å². The van der Waals surface area contributed by atoms with Crippen molar-refractivity contribution in [2.45, 2.75) is 31.3 Å². The summed E-state index contributed by atoms with van der Waals surface area (Å²) in [5.41, 5.74) is 4.03. The molecule has 0 unspecified atom stereocenters. The van der Waals surface area contributed by atoms with Gasteiger partial charge in [0.1, 0.15) is 11.5 Å². The molecule has 0 radical (unpaired) electrons. The van der Waals surface area contributed by atoms with Crippen molar-refractivity contribution in [2.24, 2.45) is 0 Å². The van der Waals surface area contributed by atoms with Gasteiger partial charge in [-0.25, -0.2) is 8.42 Å². The summed E-state index contributed by atoms with van der Waals surface area (Å²) in [6.45, 7) is 3.94. The Bertz CT molecular complexity index is 1690. The largest absolute Gasteiger partial charge is 0.484 e. The minimum atomic E-state index is -3.81. The Morgan fingerprint density at radius 1 is 0.907 bits per heavy atom. The Morgan fingerprint density at radius 2 is 1.58 bits per heavy atom. The van der Waals surface area contributed by atoms with E-state index in [0.29, 0.717) is 35.8 Å². The van der Waals surface area contributed by atoms with Crippen LogP contribution in [-0.4, -0.2) is 46.0 Å². The van der Waals surface area contributed by atoms with E-state index in [1.807, 2.05) is 50.2 Å². The first-order valence-electron chi connectivity index (χ1n) is 13.9. The molecule has 222 valence electrons. The predicted octanol–water partition coefficient (Wildman–Crippen LogP) is 4.64. The number of anilines is 2. The molecule has 2 N–H and O–H groups in total. The van der Waals surface area contributed by atoms with Crippen LogP contribution in [0.25, 0.3) is 0 Å². The van der Waals surface area contributed by atoms with E-state index in [4.69, 9.17) is 9.47 Å². The zero-order valence-electron chi connectivity index (χ0n) is 23.9. The Morgan fingerprint density at radius 3 is 2.30 bits per heavy atom. The zero-order valence-corrected chi connectivity index (χ0v) is 24.8. The highest BCUT2D eigenvalue weighted by Crippen LogP contribution is 2.33. The Hall–Kier alpha value is -4.83. The van der Waals surface area contributed by atoms with Crippen LogP contribution < -0.4 is 24.4 Å². The molecule has 2 amide bonds. The van der Waals surface area contributed by atoms with Crippen LogP contribution >= 0.6 is 0 Å². The van der Waals surface area contributed by atoms with Crippen molar-refractivity contribution in [3.8, 4) is 11.5 Å². The van der Waals surface area contributed by atoms with E-state index in [1.54, 1.807) is 36.4 Å². The molecule has 4 aromatic carbocycles. The number of carbonyl (C=O) groups excluding carboxylic acids is 2. The van der Waals surface area contributed by atoms with Crippen LogP contribution in [0.2, 0.25) is 0 Å². The number of rotatable bonds is 10. The van der Waals surface area contributed by atoms with Gasteiger partial charge in [-0.2, -0.15) is 0 Å². The summed E-state index contributed by atoms with van der Waals surface area (Å²) in [4.78, 5) is 27.8.